The summed E-state index contributed by atoms with van der Waals surface area (Å²) in [5.41, 5.74) is 0. The van der Waals surface area contributed by atoms with E-state index in [4.69, 9.17) is 13.9 Å². The summed E-state index contributed by atoms with van der Waals surface area (Å²) in [6, 6.07) is 0. The molecule has 0 aliphatic carbocycles. The number of rotatable bonds is 5. The van der Waals surface area contributed by atoms with Crippen molar-refractivity contribution in [2.75, 3.05) is 13.7 Å². The van der Waals surface area contributed by atoms with Crippen molar-refractivity contribution in [3.63, 3.8) is 0 Å². The molecule has 0 spiro atoms. The molecule has 0 bridgehead atoms. The molecular formula is C15H30O4Si. The van der Waals surface area contributed by atoms with E-state index < -0.39 is 8.32 Å². The van der Waals surface area contributed by atoms with Crippen LogP contribution in [0.3, 0.4) is 0 Å². The lowest BCUT2D eigenvalue weighted by Gasteiger charge is -2.42. The normalized spacial score (nSPS) is 24.5. The van der Waals surface area contributed by atoms with Gasteiger partial charge in [0.25, 0.3) is 0 Å². The molecule has 0 amide bonds. The van der Waals surface area contributed by atoms with Crippen molar-refractivity contribution >= 4 is 14.3 Å². The second-order valence-corrected chi connectivity index (χ2v) is 11.8. The Hall–Kier alpha value is -0.393. The molecule has 1 rings (SSSR count). The first kappa shape index (κ1) is 17.7. The lowest BCUT2D eigenvalue weighted by atomic mass is 10.0. The predicted octanol–water partition coefficient (Wildman–Crippen LogP) is 3.51. The zero-order valence-electron chi connectivity index (χ0n) is 13.8. The molecule has 0 saturated carbocycles. The van der Waals surface area contributed by atoms with Crippen LogP contribution in [0.1, 0.15) is 46.5 Å². The SMILES string of the molecule is COC(=O)CC[C@H]1OCCC[C@@H]1O[Si](C)(C)C(C)(C)C. The Morgan fingerprint density at radius 3 is 2.55 bits per heavy atom. The Balaban J connectivity index is 2.62. The number of methoxy groups -OCH3 is 1. The van der Waals surface area contributed by atoms with Crippen LogP contribution in [0.15, 0.2) is 0 Å². The molecule has 0 N–H and O–H groups in total. The van der Waals surface area contributed by atoms with Crippen LogP contribution < -0.4 is 0 Å². The second kappa shape index (κ2) is 7.05. The third-order valence-electron chi connectivity index (χ3n) is 4.49. The first-order valence-corrected chi connectivity index (χ1v) is 10.4. The largest absolute Gasteiger partial charge is 0.469 e. The highest BCUT2D eigenvalue weighted by Crippen LogP contribution is 2.39. The topological polar surface area (TPSA) is 44.8 Å². The van der Waals surface area contributed by atoms with Crippen LogP contribution in [0.5, 0.6) is 0 Å². The summed E-state index contributed by atoms with van der Waals surface area (Å²) >= 11 is 0. The van der Waals surface area contributed by atoms with Crippen molar-refractivity contribution in [2.45, 2.75) is 76.8 Å². The lowest BCUT2D eigenvalue weighted by Crippen LogP contribution is -2.49. The molecule has 1 aliphatic heterocycles. The summed E-state index contributed by atoms with van der Waals surface area (Å²) in [6.07, 6.45) is 3.29. The first-order chi connectivity index (χ1) is 9.17. The third kappa shape index (κ3) is 4.86. The van der Waals surface area contributed by atoms with E-state index in [0.717, 1.165) is 19.4 Å². The summed E-state index contributed by atoms with van der Waals surface area (Å²) in [5.74, 6) is -0.176. The van der Waals surface area contributed by atoms with Crippen molar-refractivity contribution < 1.29 is 18.7 Å². The monoisotopic (exact) mass is 302 g/mol. The summed E-state index contributed by atoms with van der Waals surface area (Å²) in [4.78, 5) is 11.3. The van der Waals surface area contributed by atoms with E-state index in [1.807, 2.05) is 0 Å². The Morgan fingerprint density at radius 2 is 2.00 bits per heavy atom. The molecule has 0 radical (unpaired) electrons. The van der Waals surface area contributed by atoms with E-state index in [1.54, 1.807) is 0 Å². The van der Waals surface area contributed by atoms with E-state index in [1.165, 1.54) is 7.11 Å². The van der Waals surface area contributed by atoms with Gasteiger partial charge in [0.15, 0.2) is 8.32 Å². The first-order valence-electron chi connectivity index (χ1n) is 7.53. The highest BCUT2D eigenvalue weighted by molar-refractivity contribution is 6.74. The molecule has 5 heteroatoms. The maximum absolute atomic E-state index is 11.3. The van der Waals surface area contributed by atoms with Crippen molar-refractivity contribution in [3.8, 4) is 0 Å². The smallest absolute Gasteiger partial charge is 0.305 e. The summed E-state index contributed by atoms with van der Waals surface area (Å²) in [6.45, 7) is 12.0. The van der Waals surface area contributed by atoms with Gasteiger partial charge in [0.05, 0.1) is 19.3 Å². The number of esters is 1. The predicted molar refractivity (Wildman–Crippen MR) is 82.3 cm³/mol. The van der Waals surface area contributed by atoms with E-state index in [2.05, 4.69) is 33.9 Å². The Kier molecular flexibility index (Phi) is 6.22. The molecule has 20 heavy (non-hydrogen) atoms. The van der Waals surface area contributed by atoms with E-state index in [9.17, 15) is 4.79 Å². The lowest BCUT2D eigenvalue weighted by molar-refractivity contribution is -0.142. The molecule has 0 aromatic heterocycles. The maximum atomic E-state index is 11.3. The minimum atomic E-state index is -1.79. The van der Waals surface area contributed by atoms with Crippen LogP contribution in [0.4, 0.5) is 0 Å². The number of hydrogen-bond acceptors (Lipinski definition) is 4. The van der Waals surface area contributed by atoms with Crippen molar-refractivity contribution in [1.29, 1.82) is 0 Å². The summed E-state index contributed by atoms with van der Waals surface area (Å²) in [5, 5.41) is 0.192. The Morgan fingerprint density at radius 1 is 1.35 bits per heavy atom. The Labute approximate surface area is 124 Å². The molecule has 1 heterocycles. The van der Waals surface area contributed by atoms with E-state index in [0.29, 0.717) is 12.8 Å². The van der Waals surface area contributed by atoms with Gasteiger partial charge < -0.3 is 13.9 Å². The van der Waals surface area contributed by atoms with Crippen LogP contribution in [-0.4, -0.2) is 40.2 Å². The van der Waals surface area contributed by atoms with Crippen LogP contribution in [0.25, 0.3) is 0 Å². The van der Waals surface area contributed by atoms with Gasteiger partial charge in [-0.1, -0.05) is 20.8 Å². The van der Waals surface area contributed by atoms with Crippen LogP contribution >= 0.6 is 0 Å². The van der Waals surface area contributed by atoms with Gasteiger partial charge in [-0.15, -0.1) is 0 Å². The fraction of sp³-hybridized carbons (Fsp3) is 0.933. The second-order valence-electron chi connectivity index (χ2n) is 7.08. The van der Waals surface area contributed by atoms with Crippen molar-refractivity contribution in [1.82, 2.24) is 0 Å². The standard InChI is InChI=1S/C15H30O4Si/c1-15(2,3)20(5,6)19-13-8-7-11-18-12(13)9-10-14(16)17-4/h12-13H,7-11H2,1-6H3/t12-,13+/m1/s1. The van der Waals surface area contributed by atoms with Gasteiger partial charge in [0.1, 0.15) is 0 Å². The Bertz CT molecular complexity index is 322. The summed E-state index contributed by atoms with van der Waals surface area (Å²) in [7, 11) is -0.371. The van der Waals surface area contributed by atoms with E-state index >= 15 is 0 Å². The van der Waals surface area contributed by atoms with Gasteiger partial charge in [-0.3, -0.25) is 4.79 Å². The van der Waals surface area contributed by atoms with Gasteiger partial charge in [-0.05, 0) is 37.4 Å². The molecule has 1 saturated heterocycles. The zero-order chi connectivity index (χ0) is 15.4. The quantitative estimate of drug-likeness (QED) is 0.576. The maximum Gasteiger partial charge on any atom is 0.305 e. The number of carbonyl (C=O) groups is 1. The molecule has 0 aromatic rings. The highest BCUT2D eigenvalue weighted by Gasteiger charge is 2.41. The van der Waals surface area contributed by atoms with E-state index in [-0.39, 0.29) is 23.2 Å². The van der Waals surface area contributed by atoms with Gasteiger partial charge >= 0.3 is 5.97 Å². The fourth-order valence-electron chi connectivity index (χ4n) is 2.13. The average molecular weight is 302 g/mol. The minimum absolute atomic E-state index is 0.0250. The molecule has 4 nitrogen and oxygen atoms in total. The molecular weight excluding hydrogens is 272 g/mol. The van der Waals surface area contributed by atoms with Crippen LogP contribution in [-0.2, 0) is 18.7 Å². The number of carbonyl (C=O) groups excluding carboxylic acids is 1. The molecule has 2 atom stereocenters. The molecule has 118 valence electrons. The van der Waals surface area contributed by atoms with Gasteiger partial charge in [0.2, 0.25) is 0 Å². The summed E-state index contributed by atoms with van der Waals surface area (Å²) < 4.78 is 17.0. The molecule has 0 aromatic carbocycles. The van der Waals surface area contributed by atoms with Gasteiger partial charge in [0, 0.05) is 13.0 Å². The van der Waals surface area contributed by atoms with Gasteiger partial charge in [-0.25, -0.2) is 0 Å². The number of hydrogen-bond donors (Lipinski definition) is 0. The molecule has 0 unspecified atom stereocenters. The van der Waals surface area contributed by atoms with Crippen LogP contribution in [0.2, 0.25) is 18.1 Å². The number of ether oxygens (including phenoxy) is 2. The van der Waals surface area contributed by atoms with Crippen molar-refractivity contribution in [3.05, 3.63) is 0 Å². The van der Waals surface area contributed by atoms with Gasteiger partial charge in [-0.2, -0.15) is 0 Å². The van der Waals surface area contributed by atoms with Crippen molar-refractivity contribution in [2.24, 2.45) is 0 Å². The average Bonchev–Trinajstić information content (AvgIpc) is 2.35. The third-order valence-corrected chi connectivity index (χ3v) is 9.00. The molecule has 1 fully saturated rings. The fourth-order valence-corrected chi connectivity index (χ4v) is 3.51. The zero-order valence-corrected chi connectivity index (χ0v) is 14.8. The minimum Gasteiger partial charge on any atom is -0.469 e. The molecule has 1 aliphatic rings. The van der Waals surface area contributed by atoms with Crippen LogP contribution in [0, 0.1) is 0 Å². The highest BCUT2D eigenvalue weighted by atomic mass is 28.4.